The maximum absolute atomic E-state index is 13.5. The Morgan fingerprint density at radius 2 is 1.43 bits per heavy atom. The zero-order valence-electron chi connectivity index (χ0n) is 19.5. The molecule has 0 spiro atoms. The Bertz CT molecular complexity index is 1520. The molecule has 1 N–H and O–H groups in total. The fraction of sp³-hybridized carbons (Fsp3) is 0.0345. The van der Waals surface area contributed by atoms with E-state index in [9.17, 15) is 14.7 Å². The average molecular weight is 508 g/mol. The number of nitrogens with zero attached hydrogens (tertiary/aromatic N) is 3. The van der Waals surface area contributed by atoms with E-state index in [0.29, 0.717) is 21.5 Å². The summed E-state index contributed by atoms with van der Waals surface area (Å²) in [5.41, 5.74) is 2.28. The van der Waals surface area contributed by atoms with Gasteiger partial charge in [0.05, 0.1) is 12.1 Å². The number of para-hydroxylation sites is 1. The average Bonchev–Trinajstić information content (AvgIpc) is 3.43. The van der Waals surface area contributed by atoms with Gasteiger partial charge in [0.2, 0.25) is 5.13 Å². The minimum Gasteiger partial charge on any atom is -0.478 e. The Labute approximate surface area is 217 Å². The summed E-state index contributed by atoms with van der Waals surface area (Å²) in [7, 11) is 0. The monoisotopic (exact) mass is 507 g/mol. The number of carboxylic acids is 1. The summed E-state index contributed by atoms with van der Waals surface area (Å²) in [5.74, 6) is 0.158. The normalized spacial score (nSPS) is 10.6. The van der Waals surface area contributed by atoms with E-state index in [1.807, 2.05) is 60.7 Å². The molecule has 0 bridgehead atoms. The van der Waals surface area contributed by atoms with Crippen LogP contribution < -0.4 is 9.64 Å². The summed E-state index contributed by atoms with van der Waals surface area (Å²) in [6.45, 7) is 0.208. The van der Waals surface area contributed by atoms with Gasteiger partial charge in [0.15, 0.2) is 0 Å². The lowest BCUT2D eigenvalue weighted by molar-refractivity contribution is 0.0696. The van der Waals surface area contributed by atoms with Crippen molar-refractivity contribution in [2.24, 2.45) is 0 Å². The molecule has 0 aliphatic carbocycles. The van der Waals surface area contributed by atoms with E-state index >= 15 is 0 Å². The number of carbonyl (C=O) groups is 2. The molecule has 4 aromatic carbocycles. The molecule has 1 amide bonds. The van der Waals surface area contributed by atoms with Crippen LogP contribution in [0.4, 0.5) is 5.13 Å². The third-order valence-electron chi connectivity index (χ3n) is 5.51. The first-order valence-corrected chi connectivity index (χ1v) is 12.2. The van der Waals surface area contributed by atoms with Crippen molar-refractivity contribution in [2.45, 2.75) is 6.54 Å². The van der Waals surface area contributed by atoms with E-state index in [0.717, 1.165) is 16.9 Å². The minimum absolute atomic E-state index is 0.181. The summed E-state index contributed by atoms with van der Waals surface area (Å²) in [6, 6.07) is 32.4. The quantitative estimate of drug-likeness (QED) is 0.256. The molecule has 0 saturated carbocycles. The number of carboxylic acid groups (broad SMARTS) is 1. The molecule has 1 aromatic heterocycles. The molecule has 0 fully saturated rings. The number of rotatable bonds is 8. The van der Waals surface area contributed by atoms with Crippen molar-refractivity contribution >= 4 is 28.3 Å². The van der Waals surface area contributed by atoms with Crippen LogP contribution in [-0.2, 0) is 6.54 Å². The number of ether oxygens (including phenoxy) is 1. The fourth-order valence-electron chi connectivity index (χ4n) is 3.66. The molecule has 8 heteroatoms. The second-order valence-electron chi connectivity index (χ2n) is 8.09. The molecule has 5 aromatic rings. The third-order valence-corrected chi connectivity index (χ3v) is 6.51. The highest BCUT2D eigenvalue weighted by Gasteiger charge is 2.23. The maximum atomic E-state index is 13.5. The van der Waals surface area contributed by atoms with E-state index in [4.69, 9.17) is 4.74 Å². The second kappa shape index (κ2) is 10.8. The first kappa shape index (κ1) is 23.9. The van der Waals surface area contributed by atoms with Gasteiger partial charge in [-0.3, -0.25) is 9.69 Å². The fourth-order valence-corrected chi connectivity index (χ4v) is 4.50. The van der Waals surface area contributed by atoms with E-state index in [-0.39, 0.29) is 18.0 Å². The number of benzene rings is 4. The van der Waals surface area contributed by atoms with Gasteiger partial charge in [0, 0.05) is 11.1 Å². The summed E-state index contributed by atoms with van der Waals surface area (Å²) in [4.78, 5) is 26.3. The van der Waals surface area contributed by atoms with Gasteiger partial charge in [0.25, 0.3) is 5.91 Å². The van der Waals surface area contributed by atoms with Crippen LogP contribution in [-0.4, -0.2) is 27.2 Å². The lowest BCUT2D eigenvalue weighted by atomic mass is 10.1. The van der Waals surface area contributed by atoms with Crippen LogP contribution >= 0.6 is 11.3 Å². The maximum Gasteiger partial charge on any atom is 0.335 e. The number of aromatic nitrogens is 2. The molecule has 182 valence electrons. The lowest BCUT2D eigenvalue weighted by Crippen LogP contribution is -2.30. The number of carbonyl (C=O) groups excluding carboxylic acids is 1. The van der Waals surface area contributed by atoms with Gasteiger partial charge >= 0.3 is 5.97 Å². The molecular formula is C29H21N3O4S. The second-order valence-corrected chi connectivity index (χ2v) is 9.05. The Hall–Kier alpha value is -4.82. The van der Waals surface area contributed by atoms with E-state index in [1.165, 1.54) is 23.5 Å². The van der Waals surface area contributed by atoms with Gasteiger partial charge in [-0.05, 0) is 54.1 Å². The van der Waals surface area contributed by atoms with Gasteiger partial charge in [0.1, 0.15) is 16.5 Å². The Balaban J connectivity index is 1.44. The van der Waals surface area contributed by atoms with Gasteiger partial charge in [-0.25, -0.2) is 4.79 Å². The van der Waals surface area contributed by atoms with Crippen LogP contribution in [0.5, 0.6) is 11.5 Å². The van der Waals surface area contributed by atoms with E-state index in [2.05, 4.69) is 10.2 Å². The number of aromatic carboxylic acids is 1. The molecule has 7 nitrogen and oxygen atoms in total. The van der Waals surface area contributed by atoms with Crippen molar-refractivity contribution in [1.82, 2.24) is 10.2 Å². The summed E-state index contributed by atoms with van der Waals surface area (Å²) in [6.07, 6.45) is 0. The highest BCUT2D eigenvalue weighted by atomic mass is 32.1. The van der Waals surface area contributed by atoms with Crippen molar-refractivity contribution in [2.75, 3.05) is 4.90 Å². The summed E-state index contributed by atoms with van der Waals surface area (Å²) < 4.78 is 5.95. The number of hydrogen-bond donors (Lipinski definition) is 1. The zero-order valence-corrected chi connectivity index (χ0v) is 20.3. The van der Waals surface area contributed by atoms with Crippen molar-refractivity contribution in [3.05, 3.63) is 126 Å². The number of hydrogen-bond acceptors (Lipinski definition) is 6. The van der Waals surface area contributed by atoms with Crippen molar-refractivity contribution in [1.29, 1.82) is 0 Å². The SMILES string of the molecule is O=C(O)c1ccc(CN(C(=O)c2ccccc2)c2nnc(-c3cccc(Oc4ccccc4)c3)s2)cc1. The molecule has 0 aliphatic rings. The third kappa shape index (κ3) is 5.71. The van der Waals surface area contributed by atoms with Crippen molar-refractivity contribution < 1.29 is 19.4 Å². The van der Waals surface area contributed by atoms with Gasteiger partial charge < -0.3 is 9.84 Å². The molecule has 0 saturated heterocycles. The Morgan fingerprint density at radius 3 is 2.14 bits per heavy atom. The molecule has 37 heavy (non-hydrogen) atoms. The predicted octanol–water partition coefficient (Wildman–Crippen LogP) is 6.54. The zero-order chi connectivity index (χ0) is 25.6. The van der Waals surface area contributed by atoms with E-state index in [1.54, 1.807) is 41.3 Å². The van der Waals surface area contributed by atoms with E-state index < -0.39 is 5.97 Å². The van der Waals surface area contributed by atoms with Gasteiger partial charge in [-0.1, -0.05) is 72.0 Å². The van der Waals surface area contributed by atoms with Crippen molar-refractivity contribution in [3.8, 4) is 22.1 Å². The Morgan fingerprint density at radius 1 is 0.757 bits per heavy atom. The predicted molar refractivity (Wildman–Crippen MR) is 142 cm³/mol. The molecular weight excluding hydrogens is 486 g/mol. The molecule has 0 atom stereocenters. The largest absolute Gasteiger partial charge is 0.478 e. The number of anilines is 1. The molecule has 5 rings (SSSR count). The topological polar surface area (TPSA) is 92.6 Å². The first-order valence-electron chi connectivity index (χ1n) is 11.4. The van der Waals surface area contributed by atoms with Crippen LogP contribution in [0, 0.1) is 0 Å². The summed E-state index contributed by atoms with van der Waals surface area (Å²) in [5, 5.41) is 19.0. The molecule has 0 radical (unpaired) electrons. The number of amides is 1. The van der Waals surface area contributed by atoms with Crippen LogP contribution in [0.25, 0.3) is 10.6 Å². The lowest BCUT2D eigenvalue weighted by Gasteiger charge is -2.19. The van der Waals surface area contributed by atoms with Crippen LogP contribution in [0.2, 0.25) is 0 Å². The van der Waals surface area contributed by atoms with Gasteiger partial charge in [-0.15, -0.1) is 10.2 Å². The highest BCUT2D eigenvalue weighted by molar-refractivity contribution is 7.18. The Kier molecular flexibility index (Phi) is 7.00. The van der Waals surface area contributed by atoms with Crippen molar-refractivity contribution in [3.63, 3.8) is 0 Å². The molecule has 1 heterocycles. The standard InChI is InChI=1S/C29H21N3O4S/c33-27(21-8-3-1-4-9-21)32(19-20-14-16-22(17-15-20)28(34)35)29-31-30-26(37-29)23-10-7-13-25(18-23)36-24-11-5-2-6-12-24/h1-18H,19H2,(H,34,35). The smallest absolute Gasteiger partial charge is 0.335 e. The summed E-state index contributed by atoms with van der Waals surface area (Å²) >= 11 is 1.29. The van der Waals surface area contributed by atoms with Crippen LogP contribution in [0.3, 0.4) is 0 Å². The highest BCUT2D eigenvalue weighted by Crippen LogP contribution is 2.33. The van der Waals surface area contributed by atoms with Crippen LogP contribution in [0.1, 0.15) is 26.3 Å². The van der Waals surface area contributed by atoms with Gasteiger partial charge in [-0.2, -0.15) is 0 Å². The molecule has 0 aliphatic heterocycles. The molecule has 0 unspecified atom stereocenters. The first-order chi connectivity index (χ1) is 18.1. The van der Waals surface area contributed by atoms with Crippen LogP contribution in [0.15, 0.2) is 109 Å². The minimum atomic E-state index is -1.00.